The summed E-state index contributed by atoms with van der Waals surface area (Å²) in [5, 5.41) is 3.61. The van der Waals surface area contributed by atoms with E-state index in [1.54, 1.807) is 24.4 Å². The van der Waals surface area contributed by atoms with Crippen LogP contribution in [-0.4, -0.2) is 54.0 Å². The van der Waals surface area contributed by atoms with Gasteiger partial charge in [0.2, 0.25) is 0 Å². The number of nitrogens with zero attached hydrogens (tertiary/aromatic N) is 3. The zero-order valence-corrected chi connectivity index (χ0v) is 20.9. The highest BCUT2D eigenvalue weighted by Gasteiger charge is 2.28. The summed E-state index contributed by atoms with van der Waals surface area (Å²) in [6, 6.07) is 14.0. The lowest BCUT2D eigenvalue weighted by atomic mass is 9.95. The Labute approximate surface area is 208 Å². The van der Waals surface area contributed by atoms with E-state index in [-0.39, 0.29) is 16.4 Å². The molecule has 0 aliphatic carbocycles. The van der Waals surface area contributed by atoms with Gasteiger partial charge in [0.05, 0.1) is 16.6 Å². The van der Waals surface area contributed by atoms with Gasteiger partial charge in [-0.05, 0) is 70.3 Å². The standard InChI is InChI=1S/C28H30FN5O2/c1-28(2,17-9-10-25(30-15-17)34-12-11-18(16-34)33(3)4)32-27(36)20-14-24-21(13-22(20)29)26(35)19-7-5-6-8-23(19)31-24/h5-10,13-15,18H,11-12,16H2,1-4H3,(H,31,35)(H,32,36). The van der Waals surface area contributed by atoms with Crippen molar-refractivity contribution in [3.05, 3.63) is 81.9 Å². The number of para-hydroxylation sites is 1. The number of carbonyl (C=O) groups is 1. The van der Waals surface area contributed by atoms with Crippen LogP contribution in [0, 0.1) is 5.82 Å². The molecule has 1 fully saturated rings. The largest absolute Gasteiger partial charge is 0.355 e. The van der Waals surface area contributed by atoms with E-state index in [2.05, 4.69) is 39.2 Å². The maximum atomic E-state index is 15.0. The fraction of sp³-hybridized carbons (Fsp3) is 0.321. The van der Waals surface area contributed by atoms with Crippen molar-refractivity contribution < 1.29 is 9.18 Å². The molecule has 3 heterocycles. The zero-order chi connectivity index (χ0) is 25.6. The number of rotatable bonds is 5. The Morgan fingerprint density at radius 2 is 1.92 bits per heavy atom. The molecule has 186 valence electrons. The van der Waals surface area contributed by atoms with Crippen LogP contribution in [-0.2, 0) is 5.54 Å². The van der Waals surface area contributed by atoms with Crippen molar-refractivity contribution in [2.45, 2.75) is 31.8 Å². The molecule has 2 aromatic carbocycles. The number of hydrogen-bond donors (Lipinski definition) is 2. The minimum atomic E-state index is -0.794. The van der Waals surface area contributed by atoms with Gasteiger partial charge in [0.25, 0.3) is 5.91 Å². The molecule has 8 heteroatoms. The molecule has 0 saturated carbocycles. The molecule has 1 aliphatic rings. The molecular weight excluding hydrogens is 457 g/mol. The fourth-order valence-electron chi connectivity index (χ4n) is 4.86. The third-order valence-electron chi connectivity index (χ3n) is 7.15. The van der Waals surface area contributed by atoms with Crippen LogP contribution in [0.2, 0.25) is 0 Å². The van der Waals surface area contributed by atoms with E-state index >= 15 is 4.39 Å². The molecule has 1 saturated heterocycles. The van der Waals surface area contributed by atoms with E-state index in [0.717, 1.165) is 37.0 Å². The van der Waals surface area contributed by atoms with E-state index in [0.29, 0.717) is 22.5 Å². The second-order valence-corrected chi connectivity index (χ2v) is 10.2. The number of fused-ring (bicyclic) bond motifs is 2. The number of aromatic amines is 1. The van der Waals surface area contributed by atoms with Gasteiger partial charge in [0.15, 0.2) is 5.43 Å². The lowest BCUT2D eigenvalue weighted by molar-refractivity contribution is 0.0908. The summed E-state index contributed by atoms with van der Waals surface area (Å²) >= 11 is 0. The summed E-state index contributed by atoms with van der Waals surface area (Å²) in [7, 11) is 4.18. The van der Waals surface area contributed by atoms with Crippen LogP contribution in [0.4, 0.5) is 10.2 Å². The van der Waals surface area contributed by atoms with Crippen molar-refractivity contribution in [1.82, 2.24) is 20.2 Å². The SMILES string of the molecule is CN(C)C1CCN(c2ccc(C(C)(C)NC(=O)c3cc4[nH]c5ccccc5c(=O)c4cc3F)cn2)C1. The molecule has 1 aliphatic heterocycles. The number of H-pyrrole nitrogens is 1. The average molecular weight is 488 g/mol. The van der Waals surface area contributed by atoms with Gasteiger partial charge in [0.1, 0.15) is 11.6 Å². The maximum Gasteiger partial charge on any atom is 0.255 e. The van der Waals surface area contributed by atoms with Crippen LogP contribution >= 0.6 is 0 Å². The molecule has 2 aromatic heterocycles. The molecule has 4 aromatic rings. The maximum absolute atomic E-state index is 15.0. The topological polar surface area (TPSA) is 81.3 Å². The number of pyridine rings is 2. The first-order valence-electron chi connectivity index (χ1n) is 12.1. The predicted octanol–water partition coefficient (Wildman–Crippen LogP) is 4.02. The summed E-state index contributed by atoms with van der Waals surface area (Å²) in [6.07, 6.45) is 2.86. The second-order valence-electron chi connectivity index (χ2n) is 10.2. The third-order valence-corrected chi connectivity index (χ3v) is 7.15. The number of amides is 1. The number of hydrogen-bond acceptors (Lipinski definition) is 5. The first kappa shape index (κ1) is 23.9. The Morgan fingerprint density at radius 3 is 2.61 bits per heavy atom. The molecule has 0 bridgehead atoms. The predicted molar refractivity (Wildman–Crippen MR) is 141 cm³/mol. The van der Waals surface area contributed by atoms with Crippen LogP contribution in [0.1, 0.15) is 36.2 Å². The number of nitrogens with one attached hydrogen (secondary N) is 2. The summed E-state index contributed by atoms with van der Waals surface area (Å²) in [5.41, 5.74) is 0.663. The van der Waals surface area contributed by atoms with Crippen molar-refractivity contribution in [3.63, 3.8) is 0 Å². The summed E-state index contributed by atoms with van der Waals surface area (Å²) < 4.78 is 15.0. The average Bonchev–Trinajstić information content (AvgIpc) is 3.35. The van der Waals surface area contributed by atoms with Crippen molar-refractivity contribution in [2.75, 3.05) is 32.1 Å². The monoisotopic (exact) mass is 487 g/mol. The Bertz CT molecular complexity index is 1510. The van der Waals surface area contributed by atoms with Crippen molar-refractivity contribution in [1.29, 1.82) is 0 Å². The number of likely N-dealkylation sites (N-methyl/N-ethyl adjacent to an activating group) is 1. The minimum absolute atomic E-state index is 0.127. The van der Waals surface area contributed by atoms with Gasteiger partial charge in [0, 0.05) is 41.6 Å². The highest BCUT2D eigenvalue weighted by Crippen LogP contribution is 2.26. The van der Waals surface area contributed by atoms with Crippen LogP contribution in [0.15, 0.2) is 59.5 Å². The lowest BCUT2D eigenvalue weighted by Gasteiger charge is -2.28. The van der Waals surface area contributed by atoms with E-state index in [9.17, 15) is 9.59 Å². The molecule has 2 N–H and O–H groups in total. The van der Waals surface area contributed by atoms with E-state index in [4.69, 9.17) is 0 Å². The zero-order valence-electron chi connectivity index (χ0n) is 20.9. The van der Waals surface area contributed by atoms with Crippen LogP contribution < -0.4 is 15.6 Å². The number of carbonyl (C=O) groups excluding carboxylic acids is 1. The Balaban J connectivity index is 1.38. The molecule has 1 unspecified atom stereocenters. The number of halogens is 1. The second kappa shape index (κ2) is 9.02. The number of aromatic nitrogens is 2. The Kier molecular flexibility index (Phi) is 6.00. The molecule has 0 spiro atoms. The molecule has 1 atom stereocenters. The lowest BCUT2D eigenvalue weighted by Crippen LogP contribution is -2.41. The van der Waals surface area contributed by atoms with Gasteiger partial charge in [-0.3, -0.25) is 9.59 Å². The van der Waals surface area contributed by atoms with Crippen molar-refractivity contribution in [3.8, 4) is 0 Å². The summed E-state index contributed by atoms with van der Waals surface area (Å²) in [6.45, 7) is 5.59. The van der Waals surface area contributed by atoms with Gasteiger partial charge in [-0.25, -0.2) is 9.37 Å². The molecule has 36 heavy (non-hydrogen) atoms. The fourth-order valence-corrected chi connectivity index (χ4v) is 4.86. The smallest absolute Gasteiger partial charge is 0.255 e. The normalized spacial score (nSPS) is 16.3. The molecule has 5 rings (SSSR count). The van der Waals surface area contributed by atoms with Gasteiger partial charge < -0.3 is 20.1 Å². The summed E-state index contributed by atoms with van der Waals surface area (Å²) in [5.74, 6) is -0.401. The van der Waals surface area contributed by atoms with Gasteiger partial charge in [-0.15, -0.1) is 0 Å². The van der Waals surface area contributed by atoms with E-state index in [1.165, 1.54) is 6.07 Å². The van der Waals surface area contributed by atoms with E-state index < -0.39 is 17.3 Å². The number of benzene rings is 2. The first-order valence-corrected chi connectivity index (χ1v) is 12.1. The molecular formula is C28H30FN5O2. The Hall–Kier alpha value is -3.78. The quantitative estimate of drug-likeness (QED) is 0.416. The van der Waals surface area contributed by atoms with Gasteiger partial charge in [-0.1, -0.05) is 18.2 Å². The first-order chi connectivity index (χ1) is 17.1. The van der Waals surface area contributed by atoms with Crippen molar-refractivity contribution >= 4 is 33.5 Å². The Morgan fingerprint density at radius 1 is 1.14 bits per heavy atom. The van der Waals surface area contributed by atoms with Gasteiger partial charge in [-0.2, -0.15) is 0 Å². The van der Waals surface area contributed by atoms with Crippen LogP contribution in [0.3, 0.4) is 0 Å². The molecule has 1 amide bonds. The minimum Gasteiger partial charge on any atom is -0.355 e. The third kappa shape index (κ3) is 4.33. The highest BCUT2D eigenvalue weighted by atomic mass is 19.1. The highest BCUT2D eigenvalue weighted by molar-refractivity contribution is 6.00. The molecule has 0 radical (unpaired) electrons. The van der Waals surface area contributed by atoms with E-state index in [1.807, 2.05) is 32.0 Å². The van der Waals surface area contributed by atoms with Crippen molar-refractivity contribution in [2.24, 2.45) is 0 Å². The van der Waals surface area contributed by atoms with Gasteiger partial charge >= 0.3 is 0 Å². The van der Waals surface area contributed by atoms with Crippen LogP contribution in [0.25, 0.3) is 21.8 Å². The number of anilines is 1. The summed E-state index contributed by atoms with van der Waals surface area (Å²) in [4.78, 5) is 38.2. The molecule has 7 nitrogen and oxygen atoms in total. The van der Waals surface area contributed by atoms with Crippen LogP contribution in [0.5, 0.6) is 0 Å².